The summed E-state index contributed by atoms with van der Waals surface area (Å²) in [5, 5.41) is 0. The van der Waals surface area contributed by atoms with Crippen LogP contribution < -0.4 is 4.74 Å². The van der Waals surface area contributed by atoms with E-state index in [1.165, 1.54) is 43.5 Å². The number of carbonyl (C=O) groups excluding carboxylic acids is 1. The average Bonchev–Trinajstić information content (AvgIpc) is 2.52. The van der Waals surface area contributed by atoms with Gasteiger partial charge >= 0.3 is 0 Å². The van der Waals surface area contributed by atoms with Gasteiger partial charge in [-0.2, -0.15) is 0 Å². The van der Waals surface area contributed by atoms with Crippen LogP contribution in [0.2, 0.25) is 0 Å². The van der Waals surface area contributed by atoms with E-state index in [1.54, 1.807) is 11.9 Å². The summed E-state index contributed by atoms with van der Waals surface area (Å²) in [6, 6.07) is 5.69. The van der Waals surface area contributed by atoms with Crippen LogP contribution in [0.15, 0.2) is 24.3 Å². The molecule has 1 aliphatic heterocycles. The van der Waals surface area contributed by atoms with Gasteiger partial charge in [-0.15, -0.1) is 0 Å². The Hall–Kier alpha value is -1.62. The zero-order valence-electron chi connectivity index (χ0n) is 12.6. The van der Waals surface area contributed by atoms with Gasteiger partial charge in [0.2, 0.25) is 0 Å². The summed E-state index contributed by atoms with van der Waals surface area (Å²) in [4.78, 5) is 16.1. The topological polar surface area (TPSA) is 32.8 Å². The molecule has 1 aromatic rings. The quantitative estimate of drug-likeness (QED) is 0.806. The van der Waals surface area contributed by atoms with E-state index < -0.39 is 0 Å². The van der Waals surface area contributed by atoms with Gasteiger partial charge in [0.25, 0.3) is 5.91 Å². The Kier molecular flexibility index (Phi) is 5.99. The Balaban J connectivity index is 1.68. The first-order valence-corrected chi connectivity index (χ1v) is 7.50. The Labute approximate surface area is 125 Å². The van der Waals surface area contributed by atoms with Gasteiger partial charge in [-0.1, -0.05) is 6.42 Å². The van der Waals surface area contributed by atoms with Gasteiger partial charge < -0.3 is 14.5 Å². The SMILES string of the molecule is CN(CCN1CCCCC1)C(=O)COc1ccc(F)cc1. The minimum absolute atomic E-state index is 0.0118. The average molecular weight is 294 g/mol. The molecule has 21 heavy (non-hydrogen) atoms. The molecule has 1 fully saturated rings. The highest BCUT2D eigenvalue weighted by Gasteiger charge is 2.13. The smallest absolute Gasteiger partial charge is 0.260 e. The van der Waals surface area contributed by atoms with E-state index >= 15 is 0 Å². The minimum Gasteiger partial charge on any atom is -0.484 e. The third kappa shape index (κ3) is 5.34. The van der Waals surface area contributed by atoms with Gasteiger partial charge in [0.05, 0.1) is 0 Å². The van der Waals surface area contributed by atoms with Crippen LogP contribution in [-0.4, -0.2) is 55.5 Å². The number of rotatable bonds is 6. The number of piperidine rings is 1. The summed E-state index contributed by atoms with van der Waals surface area (Å²) in [5.74, 6) is 0.137. The lowest BCUT2D eigenvalue weighted by molar-refractivity contribution is -0.132. The number of nitrogens with zero attached hydrogens (tertiary/aromatic N) is 2. The highest BCUT2D eigenvalue weighted by Crippen LogP contribution is 2.11. The Morgan fingerprint density at radius 3 is 2.57 bits per heavy atom. The Morgan fingerprint density at radius 1 is 1.24 bits per heavy atom. The lowest BCUT2D eigenvalue weighted by Gasteiger charge is -2.28. The van der Waals surface area contributed by atoms with E-state index in [2.05, 4.69) is 4.90 Å². The second-order valence-corrected chi connectivity index (χ2v) is 5.46. The van der Waals surface area contributed by atoms with Crippen molar-refractivity contribution < 1.29 is 13.9 Å². The summed E-state index contributed by atoms with van der Waals surface area (Å²) in [6.07, 6.45) is 3.83. The van der Waals surface area contributed by atoms with Gasteiger partial charge in [-0.25, -0.2) is 4.39 Å². The highest BCUT2D eigenvalue weighted by atomic mass is 19.1. The van der Waals surface area contributed by atoms with Gasteiger partial charge in [0.1, 0.15) is 11.6 Å². The van der Waals surface area contributed by atoms with Crippen LogP contribution in [0.5, 0.6) is 5.75 Å². The number of carbonyl (C=O) groups is 1. The fraction of sp³-hybridized carbons (Fsp3) is 0.562. The van der Waals surface area contributed by atoms with Crippen molar-refractivity contribution in [2.24, 2.45) is 0 Å². The van der Waals surface area contributed by atoms with Crippen molar-refractivity contribution in [2.45, 2.75) is 19.3 Å². The van der Waals surface area contributed by atoms with Gasteiger partial charge in [0, 0.05) is 20.1 Å². The molecule has 0 bridgehead atoms. The van der Waals surface area contributed by atoms with E-state index in [0.717, 1.165) is 19.6 Å². The van der Waals surface area contributed by atoms with Crippen molar-refractivity contribution in [1.29, 1.82) is 0 Å². The fourth-order valence-electron chi connectivity index (χ4n) is 2.39. The predicted molar refractivity (Wildman–Crippen MR) is 79.8 cm³/mol. The molecule has 0 aromatic heterocycles. The number of hydrogen-bond acceptors (Lipinski definition) is 3. The van der Waals surface area contributed by atoms with E-state index in [0.29, 0.717) is 12.3 Å². The number of halogens is 1. The molecule has 0 spiro atoms. The molecule has 0 unspecified atom stereocenters. The zero-order valence-corrected chi connectivity index (χ0v) is 12.6. The van der Waals surface area contributed by atoms with Crippen LogP contribution >= 0.6 is 0 Å². The Bertz CT molecular complexity index is 444. The number of amides is 1. The summed E-state index contributed by atoms with van der Waals surface area (Å²) < 4.78 is 18.1. The molecule has 0 radical (unpaired) electrons. The maximum atomic E-state index is 12.8. The third-order valence-electron chi connectivity index (χ3n) is 3.80. The molecular formula is C16H23FN2O2. The zero-order chi connectivity index (χ0) is 15.1. The summed E-state index contributed by atoms with van der Waals surface area (Å²) in [6.45, 7) is 3.88. The molecule has 5 heteroatoms. The number of benzene rings is 1. The van der Waals surface area contributed by atoms with Crippen LogP contribution in [0.25, 0.3) is 0 Å². The third-order valence-corrected chi connectivity index (χ3v) is 3.80. The highest BCUT2D eigenvalue weighted by molar-refractivity contribution is 5.77. The molecule has 0 N–H and O–H groups in total. The van der Waals surface area contributed by atoms with Crippen LogP contribution in [-0.2, 0) is 4.79 Å². The van der Waals surface area contributed by atoms with Crippen molar-refractivity contribution in [3.05, 3.63) is 30.1 Å². The van der Waals surface area contributed by atoms with Crippen molar-refractivity contribution in [3.8, 4) is 5.75 Å². The molecule has 0 atom stereocenters. The van der Waals surface area contributed by atoms with Crippen LogP contribution in [0.1, 0.15) is 19.3 Å². The van der Waals surface area contributed by atoms with Gasteiger partial charge in [-0.3, -0.25) is 4.79 Å². The minimum atomic E-state index is -0.313. The molecule has 0 aliphatic carbocycles. The number of likely N-dealkylation sites (N-methyl/N-ethyl adjacent to an activating group) is 1. The van der Waals surface area contributed by atoms with E-state index in [1.807, 2.05) is 0 Å². The molecule has 1 heterocycles. The second kappa shape index (κ2) is 7.98. The molecular weight excluding hydrogens is 271 g/mol. The van der Waals surface area contributed by atoms with Crippen molar-refractivity contribution >= 4 is 5.91 Å². The molecule has 1 aromatic carbocycles. The fourth-order valence-corrected chi connectivity index (χ4v) is 2.39. The van der Waals surface area contributed by atoms with Crippen molar-refractivity contribution in [2.75, 3.05) is 39.8 Å². The first-order valence-electron chi connectivity index (χ1n) is 7.50. The maximum absolute atomic E-state index is 12.8. The van der Waals surface area contributed by atoms with Crippen molar-refractivity contribution in [3.63, 3.8) is 0 Å². The number of hydrogen-bond donors (Lipinski definition) is 0. The lowest BCUT2D eigenvalue weighted by atomic mass is 10.1. The van der Waals surface area contributed by atoms with E-state index in [9.17, 15) is 9.18 Å². The Morgan fingerprint density at radius 2 is 1.90 bits per heavy atom. The molecule has 0 saturated carbocycles. The number of ether oxygens (including phenoxy) is 1. The monoisotopic (exact) mass is 294 g/mol. The van der Waals surface area contributed by atoms with Crippen LogP contribution in [0.3, 0.4) is 0 Å². The summed E-state index contributed by atoms with van der Waals surface area (Å²) in [7, 11) is 1.79. The van der Waals surface area contributed by atoms with Crippen LogP contribution in [0.4, 0.5) is 4.39 Å². The van der Waals surface area contributed by atoms with Gasteiger partial charge in [-0.05, 0) is 50.2 Å². The first kappa shape index (κ1) is 15.8. The summed E-state index contributed by atoms with van der Waals surface area (Å²) in [5.41, 5.74) is 0. The molecule has 2 rings (SSSR count). The molecule has 116 valence electrons. The standard InChI is InChI=1S/C16H23FN2O2/c1-18(11-12-19-9-3-2-4-10-19)16(20)13-21-15-7-5-14(17)6-8-15/h5-8H,2-4,9-13H2,1H3. The molecule has 1 amide bonds. The first-order chi connectivity index (χ1) is 10.1. The van der Waals surface area contributed by atoms with Crippen molar-refractivity contribution in [1.82, 2.24) is 9.80 Å². The molecule has 1 aliphatic rings. The largest absolute Gasteiger partial charge is 0.484 e. The van der Waals surface area contributed by atoms with Crippen LogP contribution in [0, 0.1) is 5.82 Å². The second-order valence-electron chi connectivity index (χ2n) is 5.46. The molecule has 4 nitrogen and oxygen atoms in total. The maximum Gasteiger partial charge on any atom is 0.260 e. The van der Waals surface area contributed by atoms with E-state index in [-0.39, 0.29) is 18.3 Å². The lowest BCUT2D eigenvalue weighted by Crippen LogP contribution is -2.40. The molecule has 1 saturated heterocycles. The number of likely N-dealkylation sites (tertiary alicyclic amines) is 1. The normalized spacial score (nSPS) is 15.7. The van der Waals surface area contributed by atoms with E-state index in [4.69, 9.17) is 4.74 Å². The summed E-state index contributed by atoms with van der Waals surface area (Å²) >= 11 is 0. The predicted octanol–water partition coefficient (Wildman–Crippen LogP) is 2.15. The van der Waals surface area contributed by atoms with Gasteiger partial charge in [0.15, 0.2) is 6.61 Å².